The molecule has 1 aromatic rings. The summed E-state index contributed by atoms with van der Waals surface area (Å²) < 4.78 is 5.22. The Morgan fingerprint density at radius 1 is 1.53 bits per heavy atom. The van der Waals surface area contributed by atoms with Gasteiger partial charge in [-0.2, -0.15) is 5.26 Å². The van der Waals surface area contributed by atoms with Gasteiger partial charge in [-0.05, 0) is 43.8 Å². The average Bonchev–Trinajstić information content (AvgIpc) is 2.41. The number of benzene rings is 1. The first kappa shape index (κ1) is 15.7. The van der Waals surface area contributed by atoms with Gasteiger partial charge in [-0.3, -0.25) is 0 Å². The Labute approximate surface area is 123 Å². The van der Waals surface area contributed by atoms with Crippen molar-refractivity contribution in [2.45, 2.75) is 13.3 Å². The molecule has 0 unspecified atom stereocenters. The molecule has 0 amide bonds. The molecule has 6 heteroatoms. The van der Waals surface area contributed by atoms with Gasteiger partial charge in [-0.1, -0.05) is 11.6 Å². The predicted octanol–water partition coefficient (Wildman–Crippen LogP) is 2.92. The first-order valence-electron chi connectivity index (χ1n) is 5.99. The molecule has 1 rings (SSSR count). The minimum atomic E-state index is 0.470. The van der Waals surface area contributed by atoms with Gasteiger partial charge in [0.1, 0.15) is 0 Å². The summed E-state index contributed by atoms with van der Waals surface area (Å²) in [4.78, 5) is 0. The Kier molecular flexibility index (Phi) is 7.19. The Morgan fingerprint density at radius 2 is 2.32 bits per heavy atom. The quantitative estimate of drug-likeness (QED) is 0.624. The third-order valence-corrected chi connectivity index (χ3v) is 2.86. The topological polar surface area (TPSA) is 57.1 Å². The Morgan fingerprint density at radius 3 is 2.95 bits per heavy atom. The first-order chi connectivity index (χ1) is 9.17. The molecule has 0 saturated heterocycles. The Hall–Kier alpha value is -1.35. The highest BCUT2D eigenvalue weighted by Gasteiger charge is 2.03. The lowest BCUT2D eigenvalue weighted by molar-refractivity contribution is 0.146. The van der Waals surface area contributed by atoms with E-state index in [1.807, 2.05) is 13.0 Å². The zero-order valence-corrected chi connectivity index (χ0v) is 12.3. The van der Waals surface area contributed by atoms with Crippen molar-refractivity contribution in [2.75, 3.05) is 25.1 Å². The maximum atomic E-state index is 8.74. The molecular formula is C13H16ClN3OS. The summed E-state index contributed by atoms with van der Waals surface area (Å²) in [6.45, 7) is 4.14. The standard InChI is InChI=1S/C13H16ClN3OS/c1-2-18-7-3-6-16-13(19)17-12-5-4-10(9-15)8-11(12)14/h4-5,8H,2-3,6-7H2,1H3,(H2,16,17,19). The van der Waals surface area contributed by atoms with Gasteiger partial charge in [0.2, 0.25) is 0 Å². The van der Waals surface area contributed by atoms with Crippen LogP contribution in [-0.2, 0) is 4.74 Å². The number of hydrogen-bond acceptors (Lipinski definition) is 3. The van der Waals surface area contributed by atoms with Crippen LogP contribution < -0.4 is 10.6 Å². The third kappa shape index (κ3) is 5.88. The molecule has 0 aromatic heterocycles. The Bertz CT molecular complexity index is 473. The molecule has 0 fully saturated rings. The summed E-state index contributed by atoms with van der Waals surface area (Å²) in [7, 11) is 0. The molecule has 0 saturated carbocycles. The molecule has 19 heavy (non-hydrogen) atoms. The zero-order chi connectivity index (χ0) is 14.1. The van der Waals surface area contributed by atoms with Crippen molar-refractivity contribution >= 4 is 34.6 Å². The maximum Gasteiger partial charge on any atom is 0.170 e. The molecule has 0 atom stereocenters. The largest absolute Gasteiger partial charge is 0.382 e. The van der Waals surface area contributed by atoms with E-state index in [9.17, 15) is 0 Å². The van der Waals surface area contributed by atoms with Crippen molar-refractivity contribution in [1.82, 2.24) is 5.32 Å². The van der Waals surface area contributed by atoms with Crippen molar-refractivity contribution in [3.8, 4) is 6.07 Å². The number of ether oxygens (including phenoxy) is 1. The Balaban J connectivity index is 2.38. The minimum absolute atomic E-state index is 0.470. The highest BCUT2D eigenvalue weighted by Crippen LogP contribution is 2.22. The number of nitrogens with one attached hydrogen (secondary N) is 2. The normalized spacial score (nSPS) is 9.74. The molecule has 102 valence electrons. The lowest BCUT2D eigenvalue weighted by Gasteiger charge is -2.11. The summed E-state index contributed by atoms with van der Waals surface area (Å²) in [5, 5.41) is 15.8. The lowest BCUT2D eigenvalue weighted by atomic mass is 10.2. The molecule has 0 spiro atoms. The second kappa shape index (κ2) is 8.70. The van der Waals surface area contributed by atoms with E-state index < -0.39 is 0 Å². The summed E-state index contributed by atoms with van der Waals surface area (Å²) in [6.07, 6.45) is 0.886. The number of rotatable bonds is 6. The molecule has 4 nitrogen and oxygen atoms in total. The number of hydrogen-bond donors (Lipinski definition) is 2. The summed E-state index contributed by atoms with van der Waals surface area (Å²) in [6, 6.07) is 7.04. The SMILES string of the molecule is CCOCCCNC(=S)Nc1ccc(C#N)cc1Cl. The van der Waals surface area contributed by atoms with E-state index in [1.54, 1.807) is 18.2 Å². The monoisotopic (exact) mass is 297 g/mol. The van der Waals surface area contributed by atoms with Crippen LogP contribution in [0.4, 0.5) is 5.69 Å². The highest BCUT2D eigenvalue weighted by molar-refractivity contribution is 7.80. The predicted molar refractivity (Wildman–Crippen MR) is 81.5 cm³/mol. The molecule has 0 bridgehead atoms. The van der Waals surface area contributed by atoms with E-state index in [2.05, 4.69) is 10.6 Å². The fourth-order valence-electron chi connectivity index (χ4n) is 1.37. The van der Waals surface area contributed by atoms with Gasteiger partial charge < -0.3 is 15.4 Å². The second-order valence-corrected chi connectivity index (χ2v) is 4.55. The van der Waals surface area contributed by atoms with Gasteiger partial charge in [0, 0.05) is 19.8 Å². The minimum Gasteiger partial charge on any atom is -0.382 e. The summed E-state index contributed by atoms with van der Waals surface area (Å²) >= 11 is 11.2. The van der Waals surface area contributed by atoms with Crippen LogP contribution in [-0.4, -0.2) is 24.9 Å². The van der Waals surface area contributed by atoms with Crippen LogP contribution in [0.1, 0.15) is 18.9 Å². The molecule has 2 N–H and O–H groups in total. The van der Waals surface area contributed by atoms with Crippen molar-refractivity contribution in [3.05, 3.63) is 28.8 Å². The van der Waals surface area contributed by atoms with Crippen molar-refractivity contribution in [1.29, 1.82) is 5.26 Å². The van der Waals surface area contributed by atoms with Crippen LogP contribution in [0, 0.1) is 11.3 Å². The van der Waals surface area contributed by atoms with Gasteiger partial charge in [0.15, 0.2) is 5.11 Å². The van der Waals surface area contributed by atoms with Crippen LogP contribution in [0.15, 0.2) is 18.2 Å². The number of nitrogens with zero attached hydrogens (tertiary/aromatic N) is 1. The van der Waals surface area contributed by atoms with Gasteiger partial charge in [-0.15, -0.1) is 0 Å². The lowest BCUT2D eigenvalue weighted by Crippen LogP contribution is -2.29. The third-order valence-electron chi connectivity index (χ3n) is 2.30. The molecule has 1 aromatic carbocycles. The van der Waals surface area contributed by atoms with Gasteiger partial charge in [-0.25, -0.2) is 0 Å². The van der Waals surface area contributed by atoms with E-state index in [0.29, 0.717) is 28.0 Å². The molecule has 0 radical (unpaired) electrons. The van der Waals surface area contributed by atoms with E-state index in [-0.39, 0.29) is 0 Å². The van der Waals surface area contributed by atoms with Crippen LogP contribution in [0.3, 0.4) is 0 Å². The smallest absolute Gasteiger partial charge is 0.170 e. The number of anilines is 1. The van der Waals surface area contributed by atoms with Crippen LogP contribution in [0.2, 0.25) is 5.02 Å². The molecule has 0 aliphatic heterocycles. The highest BCUT2D eigenvalue weighted by atomic mass is 35.5. The fourth-order valence-corrected chi connectivity index (χ4v) is 1.81. The van der Waals surface area contributed by atoms with Crippen molar-refractivity contribution in [2.24, 2.45) is 0 Å². The molecule has 0 aliphatic carbocycles. The van der Waals surface area contributed by atoms with Crippen molar-refractivity contribution in [3.63, 3.8) is 0 Å². The zero-order valence-electron chi connectivity index (χ0n) is 10.7. The number of nitriles is 1. The maximum absolute atomic E-state index is 8.74. The van der Waals surface area contributed by atoms with E-state index >= 15 is 0 Å². The second-order valence-electron chi connectivity index (χ2n) is 3.74. The molecular weight excluding hydrogens is 282 g/mol. The van der Waals surface area contributed by atoms with E-state index in [1.165, 1.54) is 0 Å². The van der Waals surface area contributed by atoms with Gasteiger partial charge in [0.25, 0.3) is 0 Å². The average molecular weight is 298 g/mol. The van der Waals surface area contributed by atoms with Gasteiger partial charge >= 0.3 is 0 Å². The number of thiocarbonyl (C=S) groups is 1. The molecule has 0 heterocycles. The fraction of sp³-hybridized carbons (Fsp3) is 0.385. The van der Waals surface area contributed by atoms with E-state index in [0.717, 1.165) is 19.6 Å². The van der Waals surface area contributed by atoms with E-state index in [4.69, 9.17) is 33.8 Å². The van der Waals surface area contributed by atoms with Crippen molar-refractivity contribution < 1.29 is 4.74 Å². The first-order valence-corrected chi connectivity index (χ1v) is 6.78. The van der Waals surface area contributed by atoms with Crippen LogP contribution in [0.5, 0.6) is 0 Å². The van der Waals surface area contributed by atoms with Gasteiger partial charge in [0.05, 0.1) is 22.3 Å². The number of halogens is 1. The summed E-state index contributed by atoms with van der Waals surface area (Å²) in [5.74, 6) is 0. The summed E-state index contributed by atoms with van der Waals surface area (Å²) in [5.41, 5.74) is 1.20. The molecule has 0 aliphatic rings. The van der Waals surface area contributed by atoms with Crippen LogP contribution >= 0.6 is 23.8 Å². The van der Waals surface area contributed by atoms with Crippen LogP contribution in [0.25, 0.3) is 0 Å².